The van der Waals surface area contributed by atoms with Gasteiger partial charge in [0.2, 0.25) is 0 Å². The molecule has 2 N–H and O–H groups in total. The van der Waals surface area contributed by atoms with Crippen molar-refractivity contribution in [3.05, 3.63) is 0 Å². The third-order valence-corrected chi connectivity index (χ3v) is 1.10. The van der Waals surface area contributed by atoms with Gasteiger partial charge in [0.1, 0.15) is 0 Å². The van der Waals surface area contributed by atoms with Gasteiger partial charge in [0, 0.05) is 0 Å². The standard InChI is InChI=1S/C6H10O5/c1-3(5(7)8)11-4(2)6(9)10/h3-4H,1-2H3,(H,7,8)(H,9,10)/t3-,4-/m1/s1. The van der Waals surface area contributed by atoms with E-state index < -0.39 is 24.1 Å². The van der Waals surface area contributed by atoms with Gasteiger partial charge in [0.15, 0.2) is 12.2 Å². The molecular formula is C6H10O5. The third kappa shape index (κ3) is 3.57. The highest BCUT2D eigenvalue weighted by molar-refractivity contribution is 5.74. The summed E-state index contributed by atoms with van der Waals surface area (Å²) >= 11 is 0. The molecule has 11 heavy (non-hydrogen) atoms. The van der Waals surface area contributed by atoms with Crippen molar-refractivity contribution in [2.45, 2.75) is 26.1 Å². The van der Waals surface area contributed by atoms with Crippen molar-refractivity contribution in [3.63, 3.8) is 0 Å². The highest BCUT2D eigenvalue weighted by Crippen LogP contribution is 1.97. The van der Waals surface area contributed by atoms with Gasteiger partial charge in [0.25, 0.3) is 0 Å². The van der Waals surface area contributed by atoms with E-state index in [1.54, 1.807) is 0 Å². The molecule has 0 amide bonds. The predicted molar refractivity (Wildman–Crippen MR) is 35.3 cm³/mol. The molecule has 0 aromatic carbocycles. The van der Waals surface area contributed by atoms with E-state index in [9.17, 15) is 9.59 Å². The lowest BCUT2D eigenvalue weighted by Crippen LogP contribution is -2.29. The Morgan fingerprint density at radius 3 is 1.55 bits per heavy atom. The average Bonchev–Trinajstić information content (AvgIpc) is 1.87. The number of carboxylic acid groups (broad SMARTS) is 2. The molecule has 0 fully saturated rings. The van der Waals surface area contributed by atoms with Crippen LogP contribution in [0.3, 0.4) is 0 Å². The molecule has 64 valence electrons. The lowest BCUT2D eigenvalue weighted by atomic mass is 10.3. The molecule has 5 nitrogen and oxygen atoms in total. The Balaban J connectivity index is 3.84. The van der Waals surface area contributed by atoms with Crippen molar-refractivity contribution in [3.8, 4) is 0 Å². The summed E-state index contributed by atoms with van der Waals surface area (Å²) < 4.78 is 4.57. The highest BCUT2D eigenvalue weighted by Gasteiger charge is 2.19. The van der Waals surface area contributed by atoms with Crippen LogP contribution in [0.1, 0.15) is 13.8 Å². The van der Waals surface area contributed by atoms with Crippen molar-refractivity contribution >= 4 is 11.9 Å². The second-order valence-corrected chi connectivity index (χ2v) is 2.10. The van der Waals surface area contributed by atoms with Gasteiger partial charge in [-0.15, -0.1) is 0 Å². The van der Waals surface area contributed by atoms with E-state index in [4.69, 9.17) is 10.2 Å². The van der Waals surface area contributed by atoms with Gasteiger partial charge in [-0.3, -0.25) is 0 Å². The van der Waals surface area contributed by atoms with Crippen LogP contribution < -0.4 is 0 Å². The minimum Gasteiger partial charge on any atom is -0.479 e. The molecule has 0 heterocycles. The Hall–Kier alpha value is -1.10. The number of carboxylic acids is 2. The summed E-state index contributed by atoms with van der Waals surface area (Å²) in [6, 6.07) is 0. The number of carbonyl (C=O) groups is 2. The van der Waals surface area contributed by atoms with Gasteiger partial charge < -0.3 is 14.9 Å². The minimum atomic E-state index is -1.17. The predicted octanol–water partition coefficient (Wildman–Crippen LogP) is -0.0508. The van der Waals surface area contributed by atoms with Gasteiger partial charge in [-0.1, -0.05) is 0 Å². The summed E-state index contributed by atoms with van der Waals surface area (Å²) in [7, 11) is 0. The fourth-order valence-electron chi connectivity index (χ4n) is 0.423. The maximum atomic E-state index is 10.1. The summed E-state index contributed by atoms with van der Waals surface area (Å²) in [4.78, 5) is 20.3. The Labute approximate surface area is 63.6 Å². The van der Waals surface area contributed by atoms with Crippen LogP contribution in [-0.4, -0.2) is 34.4 Å². The van der Waals surface area contributed by atoms with E-state index in [1.165, 1.54) is 13.8 Å². The molecule has 0 bridgehead atoms. The fraction of sp³-hybridized carbons (Fsp3) is 0.667. The van der Waals surface area contributed by atoms with Crippen molar-refractivity contribution in [2.24, 2.45) is 0 Å². The van der Waals surface area contributed by atoms with E-state index in [0.29, 0.717) is 0 Å². The average molecular weight is 162 g/mol. The molecular weight excluding hydrogens is 152 g/mol. The van der Waals surface area contributed by atoms with Crippen LogP contribution in [-0.2, 0) is 14.3 Å². The van der Waals surface area contributed by atoms with E-state index in [-0.39, 0.29) is 0 Å². The molecule has 0 unspecified atom stereocenters. The van der Waals surface area contributed by atoms with Crippen LogP contribution in [0.2, 0.25) is 0 Å². The number of ether oxygens (including phenoxy) is 1. The van der Waals surface area contributed by atoms with Crippen molar-refractivity contribution < 1.29 is 24.5 Å². The second-order valence-electron chi connectivity index (χ2n) is 2.10. The Morgan fingerprint density at radius 2 is 1.36 bits per heavy atom. The molecule has 0 radical (unpaired) electrons. The third-order valence-electron chi connectivity index (χ3n) is 1.10. The molecule has 0 aliphatic heterocycles. The molecule has 0 aliphatic rings. The zero-order chi connectivity index (χ0) is 9.02. The topological polar surface area (TPSA) is 83.8 Å². The number of rotatable bonds is 4. The van der Waals surface area contributed by atoms with Crippen LogP contribution in [0.5, 0.6) is 0 Å². The first kappa shape index (κ1) is 9.90. The summed E-state index contributed by atoms with van der Waals surface area (Å²) in [5.41, 5.74) is 0. The van der Waals surface area contributed by atoms with Gasteiger partial charge in [0.05, 0.1) is 0 Å². The number of hydrogen-bond donors (Lipinski definition) is 2. The maximum Gasteiger partial charge on any atom is 0.332 e. The van der Waals surface area contributed by atoms with Gasteiger partial charge in [-0.05, 0) is 13.8 Å². The van der Waals surface area contributed by atoms with Crippen LogP contribution >= 0.6 is 0 Å². The van der Waals surface area contributed by atoms with E-state index in [2.05, 4.69) is 4.74 Å². The van der Waals surface area contributed by atoms with Crippen LogP contribution in [0.25, 0.3) is 0 Å². The zero-order valence-electron chi connectivity index (χ0n) is 6.27. The van der Waals surface area contributed by atoms with Crippen molar-refractivity contribution in [1.29, 1.82) is 0 Å². The molecule has 0 rings (SSSR count). The van der Waals surface area contributed by atoms with Gasteiger partial charge >= 0.3 is 11.9 Å². The summed E-state index contributed by atoms with van der Waals surface area (Å²) in [5.74, 6) is -2.34. The smallest absolute Gasteiger partial charge is 0.332 e. The van der Waals surface area contributed by atoms with Crippen LogP contribution in [0.4, 0.5) is 0 Å². The Morgan fingerprint density at radius 1 is 1.09 bits per heavy atom. The van der Waals surface area contributed by atoms with Crippen molar-refractivity contribution in [2.75, 3.05) is 0 Å². The van der Waals surface area contributed by atoms with E-state index in [1.807, 2.05) is 0 Å². The first-order valence-corrected chi connectivity index (χ1v) is 3.06. The van der Waals surface area contributed by atoms with Crippen LogP contribution in [0, 0.1) is 0 Å². The quantitative estimate of drug-likeness (QED) is 0.605. The Bertz CT molecular complexity index is 146. The normalized spacial score (nSPS) is 15.5. The second kappa shape index (κ2) is 3.92. The molecule has 0 aromatic heterocycles. The van der Waals surface area contributed by atoms with Gasteiger partial charge in [-0.25, -0.2) is 9.59 Å². The monoisotopic (exact) mass is 162 g/mol. The number of hydrogen-bond acceptors (Lipinski definition) is 3. The maximum absolute atomic E-state index is 10.1. The SMILES string of the molecule is C[C@@H](O[C@H](C)C(=O)O)C(=O)O. The van der Waals surface area contributed by atoms with Crippen molar-refractivity contribution in [1.82, 2.24) is 0 Å². The molecule has 0 saturated heterocycles. The highest BCUT2D eigenvalue weighted by atomic mass is 16.5. The molecule has 2 atom stereocenters. The Kier molecular flexibility index (Phi) is 3.53. The first-order valence-electron chi connectivity index (χ1n) is 3.06. The first-order chi connectivity index (χ1) is 4.95. The molecule has 0 spiro atoms. The van der Waals surface area contributed by atoms with E-state index >= 15 is 0 Å². The lowest BCUT2D eigenvalue weighted by Gasteiger charge is -2.11. The zero-order valence-corrected chi connectivity index (χ0v) is 6.27. The summed E-state index contributed by atoms with van der Waals surface area (Å²) in [6.45, 7) is 2.56. The van der Waals surface area contributed by atoms with Crippen LogP contribution in [0.15, 0.2) is 0 Å². The fourth-order valence-corrected chi connectivity index (χ4v) is 0.423. The molecule has 0 aromatic rings. The minimum absolute atomic E-state index is 1.08. The molecule has 0 saturated carbocycles. The van der Waals surface area contributed by atoms with Gasteiger partial charge in [-0.2, -0.15) is 0 Å². The lowest BCUT2D eigenvalue weighted by molar-refractivity contribution is -0.162. The summed E-state index contributed by atoms with van der Waals surface area (Å²) in [5, 5.41) is 16.6. The molecule has 0 aliphatic carbocycles. The number of aliphatic carboxylic acids is 2. The summed E-state index contributed by atoms with van der Waals surface area (Å²) in [6.07, 6.45) is -2.16. The largest absolute Gasteiger partial charge is 0.479 e. The van der Waals surface area contributed by atoms with E-state index in [0.717, 1.165) is 0 Å². The molecule has 5 heteroatoms.